The molecule has 0 saturated carbocycles. The van der Waals surface area contributed by atoms with Gasteiger partial charge in [-0.1, -0.05) is 119 Å². The van der Waals surface area contributed by atoms with Crippen molar-refractivity contribution in [2.45, 2.75) is 103 Å². The maximum Gasteiger partial charge on any atom is 0.155 e. The number of aliphatic imine (C=N–C) groups is 2. The van der Waals surface area contributed by atoms with Crippen LogP contribution in [-0.4, -0.2) is 26.1 Å². The molecule has 4 heteroatoms. The summed E-state index contributed by atoms with van der Waals surface area (Å²) in [4.78, 5) is 14.5. The first-order valence-corrected chi connectivity index (χ1v) is 16.7. The molecule has 34 heavy (non-hydrogen) atoms. The van der Waals surface area contributed by atoms with Gasteiger partial charge in [0.25, 0.3) is 0 Å². The third kappa shape index (κ3) is 3.81. The summed E-state index contributed by atoms with van der Waals surface area (Å²) in [5.74, 6) is 0. The van der Waals surface area contributed by atoms with Crippen LogP contribution in [0.3, 0.4) is 0 Å². The van der Waals surface area contributed by atoms with Gasteiger partial charge in [-0.2, -0.15) is 0 Å². The van der Waals surface area contributed by atoms with Gasteiger partial charge in [-0.05, 0) is 44.4 Å². The molecule has 2 aromatic rings. The van der Waals surface area contributed by atoms with Gasteiger partial charge in [0.2, 0.25) is 0 Å². The Morgan fingerprint density at radius 3 is 0.853 bits per heavy atom. The van der Waals surface area contributed by atoms with Crippen molar-refractivity contribution in [1.82, 2.24) is 0 Å². The van der Waals surface area contributed by atoms with Gasteiger partial charge in [-0.3, -0.25) is 9.98 Å². The molecule has 0 N–H and O–H groups in total. The van der Waals surface area contributed by atoms with Crippen molar-refractivity contribution in [1.29, 1.82) is 0 Å². The molecule has 2 aromatic carbocycles. The average molecular weight is 491 g/mol. The zero-order valence-electron chi connectivity index (χ0n) is 23.7. The van der Waals surface area contributed by atoms with E-state index in [9.17, 15) is 0 Å². The van der Waals surface area contributed by atoms with Gasteiger partial charge in [0.15, 0.2) is 16.1 Å². The van der Waals surface area contributed by atoms with Gasteiger partial charge in [-0.25, -0.2) is 0 Å². The van der Waals surface area contributed by atoms with Crippen LogP contribution in [0.25, 0.3) is 0 Å². The predicted octanol–water partition coefficient (Wildman–Crippen LogP) is 9.80. The topological polar surface area (TPSA) is 24.7 Å². The summed E-state index contributed by atoms with van der Waals surface area (Å²) in [5, 5.41) is 0.331. The molecule has 0 unspecified atom stereocenters. The lowest BCUT2D eigenvalue weighted by atomic mass is 10.2. The summed E-state index contributed by atoms with van der Waals surface area (Å²) in [5.41, 5.74) is 2.18. The minimum atomic E-state index is -2.36. The van der Waals surface area contributed by atoms with E-state index in [1.54, 1.807) is 9.92 Å². The van der Waals surface area contributed by atoms with Gasteiger partial charge in [0.05, 0.1) is 11.4 Å². The van der Waals surface area contributed by atoms with E-state index >= 15 is 0 Å². The summed E-state index contributed by atoms with van der Waals surface area (Å²) in [6.07, 6.45) is 0. The lowest BCUT2D eigenvalue weighted by Gasteiger charge is -2.73. The van der Waals surface area contributed by atoms with Gasteiger partial charge in [-0.15, -0.1) is 0 Å². The average Bonchev–Trinajstić information content (AvgIpc) is 2.64. The van der Waals surface area contributed by atoms with Crippen molar-refractivity contribution in [3.05, 3.63) is 60.7 Å². The lowest BCUT2D eigenvalue weighted by molar-refractivity contribution is 0.621. The number of nitrogens with zero attached hydrogens (tertiary/aromatic N) is 2. The molecule has 0 aliphatic carbocycles. The standard InChI is InChI=1S/C30H46N2Si2/c1-27(2,3)33(28(4,5)6)25(31-23-19-15-13-16-20-23)34(29(7,8)9,30(10,11)12)26(33)32-24-21-17-14-18-22-24/h13-22H,1-12H3. The van der Waals surface area contributed by atoms with Gasteiger partial charge >= 0.3 is 0 Å². The Labute approximate surface area is 211 Å². The molecular weight excluding hydrogens is 445 g/mol. The van der Waals surface area contributed by atoms with Crippen LogP contribution in [0.4, 0.5) is 11.4 Å². The molecule has 0 radical (unpaired) electrons. The summed E-state index contributed by atoms with van der Waals surface area (Å²) in [7, 11) is -4.73. The van der Waals surface area contributed by atoms with E-state index in [2.05, 4.69) is 144 Å². The maximum absolute atomic E-state index is 5.69. The molecular formula is C30H46N2Si2. The van der Waals surface area contributed by atoms with E-state index in [0.717, 1.165) is 11.4 Å². The van der Waals surface area contributed by atoms with E-state index < -0.39 is 16.1 Å². The van der Waals surface area contributed by atoms with Crippen LogP contribution in [0.1, 0.15) is 83.1 Å². The second kappa shape index (κ2) is 8.41. The molecule has 0 spiro atoms. The fourth-order valence-corrected chi connectivity index (χ4v) is 33.3. The summed E-state index contributed by atoms with van der Waals surface area (Å²) < 4.78 is 0. The first-order chi connectivity index (χ1) is 15.4. The van der Waals surface area contributed by atoms with Crippen molar-refractivity contribution in [2.75, 3.05) is 0 Å². The molecule has 1 aliphatic rings. The number of rotatable bonds is 2. The van der Waals surface area contributed by atoms with Crippen LogP contribution in [0.15, 0.2) is 70.6 Å². The van der Waals surface area contributed by atoms with Gasteiger partial charge < -0.3 is 0 Å². The van der Waals surface area contributed by atoms with E-state index in [1.165, 1.54) is 0 Å². The number of benzene rings is 2. The minimum absolute atomic E-state index is 0.0828. The Hall–Kier alpha value is -1.79. The van der Waals surface area contributed by atoms with Crippen molar-refractivity contribution in [2.24, 2.45) is 9.98 Å². The zero-order valence-corrected chi connectivity index (χ0v) is 25.7. The van der Waals surface area contributed by atoms with Crippen LogP contribution in [0.2, 0.25) is 20.2 Å². The van der Waals surface area contributed by atoms with Gasteiger partial charge in [0.1, 0.15) is 0 Å². The number of hydrogen-bond donors (Lipinski definition) is 0. The summed E-state index contributed by atoms with van der Waals surface area (Å²) in [6, 6.07) is 21.3. The monoisotopic (exact) mass is 490 g/mol. The van der Waals surface area contributed by atoms with Crippen LogP contribution in [-0.2, 0) is 0 Å². The number of hydrogen-bond acceptors (Lipinski definition) is 2. The highest BCUT2D eigenvalue weighted by molar-refractivity contribution is 7.73. The third-order valence-electron chi connectivity index (χ3n) is 7.92. The molecule has 0 atom stereocenters. The smallest absolute Gasteiger partial charge is 0.155 e. The first kappa shape index (κ1) is 26.8. The van der Waals surface area contributed by atoms with Crippen LogP contribution < -0.4 is 0 Å². The second-order valence-electron chi connectivity index (χ2n) is 14.1. The quantitative estimate of drug-likeness (QED) is 0.374. The number of para-hydroxylation sites is 2. The molecule has 0 bridgehead atoms. The van der Waals surface area contributed by atoms with E-state index in [-0.39, 0.29) is 20.2 Å². The van der Waals surface area contributed by atoms with Crippen molar-refractivity contribution in [3.63, 3.8) is 0 Å². The van der Waals surface area contributed by atoms with E-state index in [0.29, 0.717) is 0 Å². The van der Waals surface area contributed by atoms with Crippen molar-refractivity contribution >= 4 is 37.4 Å². The Kier molecular flexibility index (Phi) is 6.63. The minimum Gasteiger partial charge on any atom is -0.266 e. The molecule has 1 aliphatic heterocycles. The molecule has 0 aromatic heterocycles. The van der Waals surface area contributed by atoms with Crippen LogP contribution >= 0.6 is 0 Å². The van der Waals surface area contributed by atoms with Crippen molar-refractivity contribution in [3.8, 4) is 0 Å². The first-order valence-electron chi connectivity index (χ1n) is 12.7. The summed E-state index contributed by atoms with van der Waals surface area (Å²) >= 11 is 0. The molecule has 1 saturated heterocycles. The van der Waals surface area contributed by atoms with Gasteiger partial charge in [0, 0.05) is 9.92 Å². The molecule has 184 valence electrons. The Bertz CT molecular complexity index is 938. The molecule has 1 fully saturated rings. The van der Waals surface area contributed by atoms with Crippen molar-refractivity contribution < 1.29 is 0 Å². The van der Waals surface area contributed by atoms with Crippen LogP contribution in [0.5, 0.6) is 0 Å². The molecule has 3 rings (SSSR count). The van der Waals surface area contributed by atoms with E-state index in [1.807, 2.05) is 0 Å². The largest absolute Gasteiger partial charge is 0.266 e. The fourth-order valence-electron chi connectivity index (χ4n) is 7.41. The lowest BCUT2D eigenvalue weighted by Crippen LogP contribution is -2.92. The summed E-state index contributed by atoms with van der Waals surface area (Å²) in [6.45, 7) is 29.4. The predicted molar refractivity (Wildman–Crippen MR) is 157 cm³/mol. The van der Waals surface area contributed by atoms with Crippen LogP contribution in [0, 0.1) is 0 Å². The SMILES string of the molecule is CC(C)(C)[Si]1(C(C)(C)C)C(=Nc2ccccc2)[Si](C(C)(C)C)(C(C)(C)C)C1=Nc1ccccc1. The Morgan fingerprint density at radius 2 is 0.647 bits per heavy atom. The Morgan fingerprint density at radius 1 is 0.412 bits per heavy atom. The normalized spacial score (nSPS) is 18.4. The highest BCUT2D eigenvalue weighted by Gasteiger charge is 2.82. The Balaban J connectivity index is 2.59. The fraction of sp³-hybridized carbons (Fsp3) is 0.533. The molecule has 0 amide bonds. The second-order valence-corrected chi connectivity index (χ2v) is 26.0. The third-order valence-corrected chi connectivity index (χ3v) is 24.7. The zero-order chi connectivity index (χ0) is 25.8. The van der Waals surface area contributed by atoms with E-state index in [4.69, 9.17) is 9.98 Å². The maximum atomic E-state index is 5.69. The highest BCUT2D eigenvalue weighted by Crippen LogP contribution is 2.69. The molecule has 2 nitrogen and oxygen atoms in total. The molecule has 1 heterocycles. The highest BCUT2D eigenvalue weighted by atomic mass is 28.5.